The van der Waals surface area contributed by atoms with E-state index in [1.165, 1.54) is 0 Å². The fraction of sp³-hybridized carbons (Fsp3) is 0.500. The first kappa shape index (κ1) is 19.6. The van der Waals surface area contributed by atoms with Crippen LogP contribution < -0.4 is 14.8 Å². The Kier molecular flexibility index (Phi) is 5.76. The predicted molar refractivity (Wildman–Crippen MR) is 94.4 cm³/mol. The SMILES string of the molecule is C[C@@H]1CC(=O)[C@@H](CC(=O)OCC(=O)Nc2ccc3c(c2)OCO3)[C@@H]1C[N+](=O)[O-]. The van der Waals surface area contributed by atoms with Crippen LogP contribution in [0.2, 0.25) is 0 Å². The van der Waals surface area contributed by atoms with Gasteiger partial charge in [0.1, 0.15) is 5.78 Å². The summed E-state index contributed by atoms with van der Waals surface area (Å²) in [6.45, 7) is 0.982. The summed E-state index contributed by atoms with van der Waals surface area (Å²) in [5, 5.41) is 13.4. The van der Waals surface area contributed by atoms with Crippen molar-refractivity contribution in [3.63, 3.8) is 0 Å². The Morgan fingerprint density at radius 3 is 2.82 bits per heavy atom. The topological polar surface area (TPSA) is 134 Å². The average Bonchev–Trinajstić information content (AvgIpc) is 3.19. The molecule has 1 fully saturated rings. The van der Waals surface area contributed by atoms with Crippen LogP contribution in [0.3, 0.4) is 0 Å². The lowest BCUT2D eigenvalue weighted by Gasteiger charge is -2.17. The molecule has 10 heteroatoms. The molecule has 28 heavy (non-hydrogen) atoms. The number of esters is 1. The molecule has 0 spiro atoms. The number of ether oxygens (including phenoxy) is 3. The number of benzene rings is 1. The lowest BCUT2D eigenvalue weighted by atomic mass is 9.88. The Morgan fingerprint density at radius 1 is 1.32 bits per heavy atom. The van der Waals surface area contributed by atoms with Crippen LogP contribution in [0.1, 0.15) is 19.8 Å². The number of nitro groups is 1. The molecule has 3 rings (SSSR count). The molecule has 150 valence electrons. The number of carbonyl (C=O) groups excluding carboxylic acids is 3. The van der Waals surface area contributed by atoms with Gasteiger partial charge in [-0.2, -0.15) is 0 Å². The summed E-state index contributed by atoms with van der Waals surface area (Å²) in [6.07, 6.45) is -0.0555. The second-order valence-electron chi connectivity index (χ2n) is 6.91. The van der Waals surface area contributed by atoms with Crippen molar-refractivity contribution >= 4 is 23.3 Å². The summed E-state index contributed by atoms with van der Waals surface area (Å²) < 4.78 is 15.3. The molecule has 1 amide bonds. The Balaban J connectivity index is 1.48. The smallest absolute Gasteiger partial charge is 0.307 e. The first-order chi connectivity index (χ1) is 13.3. The van der Waals surface area contributed by atoms with Crippen LogP contribution in [0.4, 0.5) is 5.69 Å². The molecule has 2 aliphatic rings. The molecule has 10 nitrogen and oxygen atoms in total. The van der Waals surface area contributed by atoms with Crippen LogP contribution in [-0.4, -0.2) is 42.5 Å². The van der Waals surface area contributed by atoms with Gasteiger partial charge < -0.3 is 19.5 Å². The van der Waals surface area contributed by atoms with Gasteiger partial charge >= 0.3 is 5.97 Å². The number of Topliss-reactive ketones (excluding diaryl/α,β-unsaturated/α-hetero) is 1. The number of carbonyl (C=O) groups is 3. The van der Waals surface area contributed by atoms with E-state index in [0.29, 0.717) is 17.2 Å². The average molecular weight is 392 g/mol. The van der Waals surface area contributed by atoms with Crippen LogP contribution in [0.5, 0.6) is 11.5 Å². The van der Waals surface area contributed by atoms with E-state index in [4.69, 9.17) is 14.2 Å². The van der Waals surface area contributed by atoms with Crippen molar-refractivity contribution in [2.45, 2.75) is 19.8 Å². The van der Waals surface area contributed by atoms with Gasteiger partial charge in [0.2, 0.25) is 13.3 Å². The lowest BCUT2D eigenvalue weighted by molar-refractivity contribution is -0.490. The molecule has 1 heterocycles. The second kappa shape index (κ2) is 8.24. The van der Waals surface area contributed by atoms with E-state index in [1.807, 2.05) is 0 Å². The van der Waals surface area contributed by atoms with Crippen molar-refractivity contribution < 1.29 is 33.5 Å². The first-order valence-electron chi connectivity index (χ1n) is 8.83. The zero-order valence-corrected chi connectivity index (χ0v) is 15.2. The minimum atomic E-state index is -0.746. The van der Waals surface area contributed by atoms with Gasteiger partial charge in [0, 0.05) is 34.9 Å². The van der Waals surface area contributed by atoms with Crippen molar-refractivity contribution in [3.05, 3.63) is 28.3 Å². The highest BCUT2D eigenvalue weighted by atomic mass is 16.7. The number of rotatable bonds is 7. The van der Waals surface area contributed by atoms with Gasteiger partial charge in [0.25, 0.3) is 5.91 Å². The summed E-state index contributed by atoms with van der Waals surface area (Å²) in [7, 11) is 0. The van der Waals surface area contributed by atoms with Crippen LogP contribution in [0.15, 0.2) is 18.2 Å². The Labute approximate surface area is 160 Å². The zero-order chi connectivity index (χ0) is 20.3. The minimum absolute atomic E-state index is 0.111. The van der Waals surface area contributed by atoms with Gasteiger partial charge in [-0.15, -0.1) is 0 Å². The third-order valence-electron chi connectivity index (χ3n) is 4.95. The van der Waals surface area contributed by atoms with Crippen molar-refractivity contribution in [2.75, 3.05) is 25.3 Å². The number of nitrogens with zero attached hydrogens (tertiary/aromatic N) is 1. The molecule has 1 saturated carbocycles. The Bertz CT molecular complexity index is 809. The quantitative estimate of drug-likeness (QED) is 0.418. The van der Waals surface area contributed by atoms with E-state index < -0.39 is 35.2 Å². The van der Waals surface area contributed by atoms with E-state index in [2.05, 4.69) is 5.32 Å². The molecular formula is C18H20N2O8. The number of ketones is 1. The van der Waals surface area contributed by atoms with Gasteiger partial charge in [0.05, 0.1) is 6.42 Å². The molecule has 0 saturated heterocycles. The van der Waals surface area contributed by atoms with Gasteiger partial charge in [0.15, 0.2) is 18.1 Å². The van der Waals surface area contributed by atoms with Gasteiger partial charge in [-0.25, -0.2) is 0 Å². The highest BCUT2D eigenvalue weighted by molar-refractivity contribution is 5.93. The van der Waals surface area contributed by atoms with E-state index in [9.17, 15) is 24.5 Å². The fourth-order valence-corrected chi connectivity index (χ4v) is 3.56. The maximum absolute atomic E-state index is 12.1. The van der Waals surface area contributed by atoms with Gasteiger partial charge in [-0.3, -0.25) is 24.5 Å². The minimum Gasteiger partial charge on any atom is -0.456 e. The molecule has 1 aliphatic carbocycles. The molecule has 0 aromatic heterocycles. The first-order valence-corrected chi connectivity index (χ1v) is 8.83. The van der Waals surface area contributed by atoms with Gasteiger partial charge in [-0.05, 0) is 18.1 Å². The third kappa shape index (κ3) is 4.56. The maximum Gasteiger partial charge on any atom is 0.307 e. The largest absolute Gasteiger partial charge is 0.456 e. The van der Waals surface area contributed by atoms with Gasteiger partial charge in [-0.1, -0.05) is 6.92 Å². The van der Waals surface area contributed by atoms with Crippen LogP contribution in [-0.2, 0) is 19.1 Å². The number of amides is 1. The van der Waals surface area contributed by atoms with Crippen molar-refractivity contribution in [3.8, 4) is 11.5 Å². The number of nitrogens with one attached hydrogen (secondary N) is 1. The molecule has 3 atom stereocenters. The van der Waals surface area contributed by atoms with Crippen molar-refractivity contribution in [1.29, 1.82) is 0 Å². The summed E-state index contributed by atoms with van der Waals surface area (Å²) in [5.74, 6) is -1.81. The van der Waals surface area contributed by atoms with E-state index >= 15 is 0 Å². The van der Waals surface area contributed by atoms with E-state index in [0.717, 1.165) is 0 Å². The van der Waals surface area contributed by atoms with E-state index in [1.54, 1.807) is 25.1 Å². The summed E-state index contributed by atoms with van der Waals surface area (Å²) in [4.78, 5) is 46.4. The summed E-state index contributed by atoms with van der Waals surface area (Å²) in [6, 6.07) is 4.85. The molecule has 0 unspecified atom stereocenters. The van der Waals surface area contributed by atoms with Crippen LogP contribution in [0, 0.1) is 27.9 Å². The normalized spacial score (nSPS) is 22.8. The van der Waals surface area contributed by atoms with Crippen molar-refractivity contribution in [1.82, 2.24) is 0 Å². The van der Waals surface area contributed by atoms with Crippen LogP contribution >= 0.6 is 0 Å². The zero-order valence-electron chi connectivity index (χ0n) is 15.2. The molecule has 1 N–H and O–H groups in total. The van der Waals surface area contributed by atoms with E-state index in [-0.39, 0.29) is 37.9 Å². The summed E-state index contributed by atoms with van der Waals surface area (Å²) >= 11 is 0. The standard InChI is InChI=1S/C18H20N2O8/c1-10-4-14(21)12(13(10)7-20(24)25)6-18(23)26-8-17(22)19-11-2-3-15-16(5-11)28-9-27-15/h2-3,5,10,12-13H,4,6-9H2,1H3,(H,19,22)/t10-,12+,13-/m1/s1. The fourth-order valence-electron chi connectivity index (χ4n) is 3.56. The molecular weight excluding hydrogens is 372 g/mol. The molecule has 0 radical (unpaired) electrons. The second-order valence-corrected chi connectivity index (χ2v) is 6.91. The number of anilines is 1. The monoisotopic (exact) mass is 392 g/mol. The number of hydrogen-bond acceptors (Lipinski definition) is 8. The molecule has 1 aliphatic heterocycles. The molecule has 0 bridgehead atoms. The third-order valence-corrected chi connectivity index (χ3v) is 4.95. The molecule has 1 aromatic rings. The van der Waals surface area contributed by atoms with Crippen molar-refractivity contribution in [2.24, 2.45) is 17.8 Å². The highest BCUT2D eigenvalue weighted by Crippen LogP contribution is 2.36. The summed E-state index contributed by atoms with van der Waals surface area (Å²) in [5.41, 5.74) is 0.455. The highest BCUT2D eigenvalue weighted by Gasteiger charge is 2.44. The molecule has 1 aromatic carbocycles. The maximum atomic E-state index is 12.1. The van der Waals surface area contributed by atoms with Crippen LogP contribution in [0.25, 0.3) is 0 Å². The number of hydrogen-bond donors (Lipinski definition) is 1. The Morgan fingerprint density at radius 2 is 2.07 bits per heavy atom. The Hall–Kier alpha value is -3.17. The number of fused-ring (bicyclic) bond motifs is 1. The predicted octanol–water partition coefficient (Wildman–Crippen LogP) is 1.41. The lowest BCUT2D eigenvalue weighted by Crippen LogP contribution is -2.28.